The number of nitrogens with one attached hydrogen (secondary N) is 1. The van der Waals surface area contributed by atoms with Gasteiger partial charge in [-0.15, -0.1) is 0 Å². The predicted octanol–water partition coefficient (Wildman–Crippen LogP) is 2.76. The van der Waals surface area contributed by atoms with Crippen LogP contribution in [0.5, 0.6) is 11.5 Å². The van der Waals surface area contributed by atoms with Crippen LogP contribution in [0.2, 0.25) is 5.02 Å². The highest BCUT2D eigenvalue weighted by Crippen LogP contribution is 2.31. The third-order valence-electron chi connectivity index (χ3n) is 4.57. The summed E-state index contributed by atoms with van der Waals surface area (Å²) in [5.74, 6) is 0.818. The SMILES string of the molecule is Cc1ccc(Cl)cc1N([C@@H](C)C(=O)NC[C@@H]1COc2ccccc2O1)S(C)(=O)=O. The highest BCUT2D eigenvalue weighted by molar-refractivity contribution is 7.92. The van der Waals surface area contributed by atoms with Crippen LogP contribution in [0.4, 0.5) is 5.69 Å². The molecular weight excluding hydrogens is 416 g/mol. The lowest BCUT2D eigenvalue weighted by Crippen LogP contribution is -2.50. The topological polar surface area (TPSA) is 84.9 Å². The fraction of sp³-hybridized carbons (Fsp3) is 0.350. The van der Waals surface area contributed by atoms with E-state index in [-0.39, 0.29) is 19.3 Å². The number of fused-ring (bicyclic) bond motifs is 1. The number of carbonyl (C=O) groups is 1. The summed E-state index contributed by atoms with van der Waals surface area (Å²) >= 11 is 6.05. The molecule has 7 nitrogen and oxygen atoms in total. The zero-order valence-electron chi connectivity index (χ0n) is 16.4. The van der Waals surface area contributed by atoms with E-state index in [0.717, 1.165) is 10.6 Å². The number of aryl methyl sites for hydroxylation is 1. The van der Waals surface area contributed by atoms with Crippen LogP contribution in [0.25, 0.3) is 0 Å². The van der Waals surface area contributed by atoms with Gasteiger partial charge in [-0.25, -0.2) is 8.42 Å². The van der Waals surface area contributed by atoms with E-state index in [9.17, 15) is 13.2 Å². The highest BCUT2D eigenvalue weighted by atomic mass is 35.5. The third-order valence-corrected chi connectivity index (χ3v) is 6.03. The molecule has 0 radical (unpaired) electrons. The molecule has 29 heavy (non-hydrogen) atoms. The molecule has 1 heterocycles. The number of hydrogen-bond donors (Lipinski definition) is 1. The van der Waals surface area contributed by atoms with E-state index < -0.39 is 22.0 Å². The van der Waals surface area contributed by atoms with Gasteiger partial charge in [-0.2, -0.15) is 0 Å². The summed E-state index contributed by atoms with van der Waals surface area (Å²) in [7, 11) is -3.73. The molecule has 1 N–H and O–H groups in total. The second kappa shape index (κ2) is 8.51. The van der Waals surface area contributed by atoms with Crippen molar-refractivity contribution in [3.8, 4) is 11.5 Å². The summed E-state index contributed by atoms with van der Waals surface area (Å²) < 4.78 is 37.4. The van der Waals surface area contributed by atoms with Gasteiger partial charge in [-0.1, -0.05) is 29.8 Å². The summed E-state index contributed by atoms with van der Waals surface area (Å²) in [5.41, 5.74) is 1.06. The van der Waals surface area contributed by atoms with Gasteiger partial charge in [0.25, 0.3) is 0 Å². The lowest BCUT2D eigenvalue weighted by Gasteiger charge is -2.31. The predicted molar refractivity (Wildman–Crippen MR) is 112 cm³/mol. The van der Waals surface area contributed by atoms with Crippen molar-refractivity contribution in [3.05, 3.63) is 53.1 Å². The Kier molecular flexibility index (Phi) is 6.24. The van der Waals surface area contributed by atoms with Crippen LogP contribution in [0.3, 0.4) is 0 Å². The van der Waals surface area contributed by atoms with Crippen LogP contribution in [-0.4, -0.2) is 45.9 Å². The first-order valence-corrected chi connectivity index (χ1v) is 11.3. The lowest BCUT2D eigenvalue weighted by atomic mass is 10.1. The molecule has 0 saturated carbocycles. The van der Waals surface area contributed by atoms with Crippen molar-refractivity contribution in [1.82, 2.24) is 5.32 Å². The largest absolute Gasteiger partial charge is 0.486 e. The minimum absolute atomic E-state index is 0.184. The Morgan fingerprint density at radius 3 is 2.66 bits per heavy atom. The molecule has 1 aliphatic heterocycles. The maximum absolute atomic E-state index is 12.7. The molecule has 0 unspecified atom stereocenters. The zero-order chi connectivity index (χ0) is 21.2. The molecule has 0 spiro atoms. The minimum atomic E-state index is -3.73. The third kappa shape index (κ3) is 4.94. The number of halogens is 1. The first kappa shape index (κ1) is 21.3. The fourth-order valence-electron chi connectivity index (χ4n) is 3.13. The maximum Gasteiger partial charge on any atom is 0.243 e. The number of ether oxygens (including phenoxy) is 2. The van der Waals surface area contributed by atoms with Gasteiger partial charge in [-0.3, -0.25) is 9.10 Å². The second-order valence-electron chi connectivity index (χ2n) is 6.91. The summed E-state index contributed by atoms with van der Waals surface area (Å²) in [6, 6.07) is 11.2. The van der Waals surface area contributed by atoms with Gasteiger partial charge in [0.15, 0.2) is 11.5 Å². The molecule has 2 atom stereocenters. The van der Waals surface area contributed by atoms with Gasteiger partial charge in [0.1, 0.15) is 18.8 Å². The van der Waals surface area contributed by atoms with Crippen LogP contribution in [-0.2, 0) is 14.8 Å². The Bertz CT molecular complexity index is 1010. The molecule has 2 aromatic rings. The summed E-state index contributed by atoms with van der Waals surface area (Å²) in [5, 5.41) is 3.14. The number of carbonyl (C=O) groups excluding carboxylic acids is 1. The molecule has 0 fully saturated rings. The number of sulfonamides is 1. The van der Waals surface area contributed by atoms with Gasteiger partial charge < -0.3 is 14.8 Å². The van der Waals surface area contributed by atoms with E-state index in [4.69, 9.17) is 21.1 Å². The zero-order valence-corrected chi connectivity index (χ0v) is 18.0. The molecule has 1 aliphatic rings. The molecule has 156 valence electrons. The van der Waals surface area contributed by atoms with Gasteiger partial charge in [0, 0.05) is 5.02 Å². The first-order chi connectivity index (χ1) is 13.7. The first-order valence-electron chi connectivity index (χ1n) is 9.08. The Morgan fingerprint density at radius 2 is 1.97 bits per heavy atom. The fourth-order valence-corrected chi connectivity index (χ4v) is 4.52. The van der Waals surface area contributed by atoms with Crippen LogP contribution in [0, 0.1) is 6.92 Å². The van der Waals surface area contributed by atoms with Crippen molar-refractivity contribution in [2.45, 2.75) is 26.0 Å². The Labute approximate surface area is 175 Å². The van der Waals surface area contributed by atoms with Gasteiger partial charge in [0.05, 0.1) is 18.5 Å². The normalized spacial score (nSPS) is 16.8. The van der Waals surface area contributed by atoms with Crippen LogP contribution < -0.4 is 19.1 Å². The number of benzene rings is 2. The molecule has 9 heteroatoms. The van der Waals surface area contributed by atoms with Crippen molar-refractivity contribution in [2.24, 2.45) is 0 Å². The van der Waals surface area contributed by atoms with Crippen molar-refractivity contribution < 1.29 is 22.7 Å². The van der Waals surface area contributed by atoms with E-state index in [1.165, 1.54) is 13.0 Å². The maximum atomic E-state index is 12.7. The molecule has 0 bridgehead atoms. The number of amides is 1. The van der Waals surface area contributed by atoms with Crippen molar-refractivity contribution in [3.63, 3.8) is 0 Å². The van der Waals surface area contributed by atoms with Crippen LogP contribution >= 0.6 is 11.6 Å². The van der Waals surface area contributed by atoms with Gasteiger partial charge in [-0.05, 0) is 43.7 Å². The number of hydrogen-bond acceptors (Lipinski definition) is 5. The van der Waals surface area contributed by atoms with Gasteiger partial charge in [0.2, 0.25) is 15.9 Å². The molecule has 0 aliphatic carbocycles. The average molecular weight is 439 g/mol. The number of rotatable bonds is 6. The monoisotopic (exact) mass is 438 g/mol. The molecule has 3 rings (SSSR count). The van der Waals surface area contributed by atoms with E-state index >= 15 is 0 Å². The smallest absolute Gasteiger partial charge is 0.243 e. The average Bonchev–Trinajstić information content (AvgIpc) is 2.67. The Balaban J connectivity index is 1.71. The van der Waals surface area contributed by atoms with Crippen LogP contribution in [0.1, 0.15) is 12.5 Å². The molecule has 0 saturated heterocycles. The van der Waals surface area contributed by atoms with E-state index in [1.54, 1.807) is 25.1 Å². The van der Waals surface area contributed by atoms with E-state index in [1.807, 2.05) is 18.2 Å². The van der Waals surface area contributed by atoms with Crippen molar-refractivity contribution in [1.29, 1.82) is 0 Å². The Morgan fingerprint density at radius 1 is 1.28 bits per heavy atom. The van der Waals surface area contributed by atoms with E-state index in [2.05, 4.69) is 5.32 Å². The number of nitrogens with zero attached hydrogens (tertiary/aromatic N) is 1. The summed E-state index contributed by atoms with van der Waals surface area (Å²) in [4.78, 5) is 12.7. The molecule has 2 aromatic carbocycles. The standard InChI is InChI=1S/C20H23ClN2O5S/c1-13-8-9-15(21)10-17(13)23(29(3,25)26)14(2)20(24)22-11-16-12-27-18-6-4-5-7-19(18)28-16/h4-10,14,16H,11-12H2,1-3H3,(H,22,24)/t14-,16+/m0/s1. The van der Waals surface area contributed by atoms with Gasteiger partial charge >= 0.3 is 0 Å². The second-order valence-corrected chi connectivity index (χ2v) is 9.20. The summed E-state index contributed by atoms with van der Waals surface area (Å²) in [6.45, 7) is 3.77. The van der Waals surface area contributed by atoms with Crippen LogP contribution in [0.15, 0.2) is 42.5 Å². The summed E-state index contributed by atoms with van der Waals surface area (Å²) in [6.07, 6.45) is 0.687. The lowest BCUT2D eigenvalue weighted by molar-refractivity contribution is -0.122. The molecule has 0 aromatic heterocycles. The van der Waals surface area contributed by atoms with E-state index in [0.29, 0.717) is 27.8 Å². The molecular formula is C20H23ClN2O5S. The highest BCUT2D eigenvalue weighted by Gasteiger charge is 2.31. The molecule has 1 amide bonds. The number of anilines is 1. The quantitative estimate of drug-likeness (QED) is 0.749. The Hall–Kier alpha value is -2.45. The minimum Gasteiger partial charge on any atom is -0.486 e. The number of para-hydroxylation sites is 2. The van der Waals surface area contributed by atoms with Crippen molar-refractivity contribution in [2.75, 3.05) is 23.7 Å². The van der Waals surface area contributed by atoms with Crippen molar-refractivity contribution >= 4 is 33.2 Å².